The minimum Gasteiger partial charge on any atom is -0.317 e. The van der Waals surface area contributed by atoms with E-state index in [0.717, 1.165) is 18.4 Å². The molecule has 3 atom stereocenters. The Kier molecular flexibility index (Phi) is 5.34. The van der Waals surface area contributed by atoms with Crippen LogP contribution in [0.3, 0.4) is 0 Å². The van der Waals surface area contributed by atoms with Crippen molar-refractivity contribution >= 4 is 0 Å². The average molecular weight is 261 g/mol. The van der Waals surface area contributed by atoms with E-state index in [4.69, 9.17) is 0 Å². The van der Waals surface area contributed by atoms with Gasteiger partial charge in [0, 0.05) is 31.5 Å². The predicted octanol–water partition coefficient (Wildman–Crippen LogP) is 2.54. The first-order chi connectivity index (χ1) is 9.19. The molecule has 1 aromatic heterocycles. The van der Waals surface area contributed by atoms with Crippen molar-refractivity contribution in [2.75, 3.05) is 20.6 Å². The SMILES string of the molecule is CNC1CCC(C)CC1CN(C)Cc1cccnc1. The summed E-state index contributed by atoms with van der Waals surface area (Å²) in [5.41, 5.74) is 1.30. The van der Waals surface area contributed by atoms with E-state index in [9.17, 15) is 0 Å². The molecule has 1 heterocycles. The molecule has 1 saturated carbocycles. The highest BCUT2D eigenvalue weighted by Crippen LogP contribution is 2.29. The molecule has 0 aliphatic heterocycles. The van der Waals surface area contributed by atoms with E-state index in [2.05, 4.69) is 42.3 Å². The van der Waals surface area contributed by atoms with Gasteiger partial charge in [-0.25, -0.2) is 0 Å². The van der Waals surface area contributed by atoms with Crippen LogP contribution in [0.15, 0.2) is 24.5 Å². The number of pyridine rings is 1. The molecule has 3 unspecified atom stereocenters. The predicted molar refractivity (Wildman–Crippen MR) is 79.9 cm³/mol. The summed E-state index contributed by atoms with van der Waals surface area (Å²) in [6.07, 6.45) is 7.85. The summed E-state index contributed by atoms with van der Waals surface area (Å²) in [7, 11) is 4.33. The molecule has 0 spiro atoms. The highest BCUT2D eigenvalue weighted by molar-refractivity contribution is 5.08. The van der Waals surface area contributed by atoms with E-state index in [-0.39, 0.29) is 0 Å². The molecule has 1 aromatic rings. The van der Waals surface area contributed by atoms with Gasteiger partial charge in [-0.15, -0.1) is 0 Å². The minimum absolute atomic E-state index is 0.688. The lowest BCUT2D eigenvalue weighted by atomic mass is 9.78. The standard InChI is InChI=1S/C16H27N3/c1-13-6-7-16(17-2)15(9-13)12-19(3)11-14-5-4-8-18-10-14/h4-5,8,10,13,15-17H,6-7,9,11-12H2,1-3H3. The molecule has 1 aliphatic rings. The van der Waals surface area contributed by atoms with Crippen molar-refractivity contribution < 1.29 is 0 Å². The lowest BCUT2D eigenvalue weighted by molar-refractivity contribution is 0.162. The fourth-order valence-electron chi connectivity index (χ4n) is 3.35. The zero-order valence-electron chi connectivity index (χ0n) is 12.5. The van der Waals surface area contributed by atoms with Gasteiger partial charge in [-0.3, -0.25) is 4.98 Å². The lowest BCUT2D eigenvalue weighted by Crippen LogP contribution is -2.43. The average Bonchev–Trinajstić information content (AvgIpc) is 2.40. The summed E-state index contributed by atoms with van der Waals surface area (Å²) in [4.78, 5) is 6.62. The van der Waals surface area contributed by atoms with E-state index in [1.807, 2.05) is 18.5 Å². The Morgan fingerprint density at radius 1 is 1.42 bits per heavy atom. The first-order valence-electron chi connectivity index (χ1n) is 7.43. The van der Waals surface area contributed by atoms with Crippen LogP contribution in [0.25, 0.3) is 0 Å². The van der Waals surface area contributed by atoms with Crippen LogP contribution >= 0.6 is 0 Å². The highest BCUT2D eigenvalue weighted by atomic mass is 15.1. The van der Waals surface area contributed by atoms with Gasteiger partial charge in [0.2, 0.25) is 0 Å². The van der Waals surface area contributed by atoms with E-state index >= 15 is 0 Å². The Morgan fingerprint density at radius 3 is 2.95 bits per heavy atom. The van der Waals surface area contributed by atoms with Crippen LogP contribution in [-0.4, -0.2) is 36.6 Å². The maximum atomic E-state index is 4.19. The molecule has 0 amide bonds. The molecular formula is C16H27N3. The maximum absolute atomic E-state index is 4.19. The third-order valence-corrected chi connectivity index (χ3v) is 4.34. The minimum atomic E-state index is 0.688. The highest BCUT2D eigenvalue weighted by Gasteiger charge is 2.28. The van der Waals surface area contributed by atoms with Gasteiger partial charge in [-0.1, -0.05) is 13.0 Å². The van der Waals surface area contributed by atoms with Gasteiger partial charge in [0.15, 0.2) is 0 Å². The number of hydrogen-bond acceptors (Lipinski definition) is 3. The van der Waals surface area contributed by atoms with Crippen LogP contribution in [0.4, 0.5) is 0 Å². The summed E-state index contributed by atoms with van der Waals surface area (Å²) in [5, 5.41) is 3.50. The van der Waals surface area contributed by atoms with Gasteiger partial charge in [-0.2, -0.15) is 0 Å². The van der Waals surface area contributed by atoms with E-state index in [1.54, 1.807) is 0 Å². The summed E-state index contributed by atoms with van der Waals surface area (Å²) >= 11 is 0. The quantitative estimate of drug-likeness (QED) is 0.883. The van der Waals surface area contributed by atoms with E-state index in [1.165, 1.54) is 31.4 Å². The number of nitrogens with one attached hydrogen (secondary N) is 1. The normalized spacial score (nSPS) is 27.7. The second-order valence-electron chi connectivity index (χ2n) is 6.13. The first-order valence-corrected chi connectivity index (χ1v) is 7.43. The number of aromatic nitrogens is 1. The second-order valence-corrected chi connectivity index (χ2v) is 6.13. The van der Waals surface area contributed by atoms with Crippen LogP contribution in [0, 0.1) is 11.8 Å². The van der Waals surface area contributed by atoms with Crippen LogP contribution in [0.2, 0.25) is 0 Å². The molecule has 2 rings (SSSR count). The largest absolute Gasteiger partial charge is 0.317 e. The topological polar surface area (TPSA) is 28.2 Å². The van der Waals surface area contributed by atoms with Crippen LogP contribution in [0.1, 0.15) is 31.7 Å². The van der Waals surface area contributed by atoms with Gasteiger partial charge in [0.05, 0.1) is 0 Å². The van der Waals surface area contributed by atoms with E-state index < -0.39 is 0 Å². The fourth-order valence-corrected chi connectivity index (χ4v) is 3.35. The van der Waals surface area contributed by atoms with Gasteiger partial charge < -0.3 is 10.2 Å². The van der Waals surface area contributed by atoms with Crippen molar-refractivity contribution in [3.63, 3.8) is 0 Å². The lowest BCUT2D eigenvalue weighted by Gasteiger charge is -2.37. The summed E-state index contributed by atoms with van der Waals surface area (Å²) in [6.45, 7) is 4.56. The zero-order valence-corrected chi connectivity index (χ0v) is 12.5. The molecule has 19 heavy (non-hydrogen) atoms. The van der Waals surface area contributed by atoms with E-state index in [0.29, 0.717) is 6.04 Å². The first kappa shape index (κ1) is 14.5. The number of rotatable bonds is 5. The molecule has 0 saturated heterocycles. The molecule has 0 radical (unpaired) electrons. The zero-order chi connectivity index (χ0) is 13.7. The number of nitrogens with zero attached hydrogens (tertiary/aromatic N) is 2. The van der Waals surface area contributed by atoms with Crippen LogP contribution in [0.5, 0.6) is 0 Å². The Balaban J connectivity index is 1.88. The Bertz CT molecular complexity index is 366. The van der Waals surface area contributed by atoms with Crippen molar-refractivity contribution in [2.24, 2.45) is 11.8 Å². The van der Waals surface area contributed by atoms with Gasteiger partial charge in [0.1, 0.15) is 0 Å². The van der Waals surface area contributed by atoms with Gasteiger partial charge in [0.25, 0.3) is 0 Å². The summed E-state index contributed by atoms with van der Waals surface area (Å²) in [5.74, 6) is 1.65. The molecule has 106 valence electrons. The molecule has 3 heteroatoms. The molecule has 3 nitrogen and oxygen atoms in total. The smallest absolute Gasteiger partial charge is 0.0312 e. The maximum Gasteiger partial charge on any atom is 0.0312 e. The third-order valence-electron chi connectivity index (χ3n) is 4.34. The van der Waals surface area contributed by atoms with Crippen LogP contribution in [-0.2, 0) is 6.54 Å². The molecular weight excluding hydrogens is 234 g/mol. The third kappa shape index (κ3) is 4.29. The van der Waals surface area contributed by atoms with Gasteiger partial charge >= 0.3 is 0 Å². The number of hydrogen-bond donors (Lipinski definition) is 1. The Morgan fingerprint density at radius 2 is 2.26 bits per heavy atom. The summed E-state index contributed by atoms with van der Waals surface area (Å²) in [6, 6.07) is 4.86. The fraction of sp³-hybridized carbons (Fsp3) is 0.688. The molecule has 0 aromatic carbocycles. The monoisotopic (exact) mass is 261 g/mol. The molecule has 1 fully saturated rings. The molecule has 1 aliphatic carbocycles. The molecule has 0 bridgehead atoms. The Labute approximate surface area is 117 Å². The van der Waals surface area contributed by atoms with Crippen molar-refractivity contribution in [1.82, 2.24) is 15.2 Å². The van der Waals surface area contributed by atoms with Crippen LogP contribution < -0.4 is 5.32 Å². The second kappa shape index (κ2) is 7.01. The Hall–Kier alpha value is -0.930. The molecule has 1 N–H and O–H groups in total. The van der Waals surface area contributed by atoms with Crippen molar-refractivity contribution in [1.29, 1.82) is 0 Å². The van der Waals surface area contributed by atoms with Gasteiger partial charge in [-0.05, 0) is 56.8 Å². The van der Waals surface area contributed by atoms with Crippen molar-refractivity contribution in [2.45, 2.75) is 38.8 Å². The van der Waals surface area contributed by atoms with Crippen molar-refractivity contribution in [3.8, 4) is 0 Å². The summed E-state index contributed by atoms with van der Waals surface area (Å²) < 4.78 is 0. The van der Waals surface area contributed by atoms with Crippen molar-refractivity contribution in [3.05, 3.63) is 30.1 Å².